The molecule has 0 spiro atoms. The Bertz CT molecular complexity index is 330. The Morgan fingerprint density at radius 2 is 1.48 bits per heavy atom. The van der Waals surface area contributed by atoms with Crippen LogP contribution in [-0.4, -0.2) is 28.5 Å². The largest absolute Gasteiger partial charge is 0.495 e. The molecule has 2 aliphatic carbocycles. The van der Waals surface area contributed by atoms with Crippen molar-refractivity contribution >= 4 is 0 Å². The first-order valence-electron chi connectivity index (χ1n) is 9.89. The van der Waals surface area contributed by atoms with Crippen molar-refractivity contribution in [1.29, 1.82) is 0 Å². The normalized spacial score (nSPS) is 25.3. The van der Waals surface area contributed by atoms with Crippen LogP contribution in [0, 0.1) is 11.8 Å². The Balaban J connectivity index is 1.92. The second-order valence-electron chi connectivity index (χ2n) is 7.56. The fourth-order valence-corrected chi connectivity index (χ4v) is 4.20. The van der Waals surface area contributed by atoms with Gasteiger partial charge >= 0.3 is 0 Å². The van der Waals surface area contributed by atoms with E-state index in [9.17, 15) is 10.2 Å². The summed E-state index contributed by atoms with van der Waals surface area (Å²) in [4.78, 5) is 0. The lowest BCUT2D eigenvalue weighted by Crippen LogP contribution is -2.41. The number of aliphatic hydroxyl groups is 2. The second kappa shape index (κ2) is 10.4. The molecule has 0 heterocycles. The van der Waals surface area contributed by atoms with Crippen molar-refractivity contribution in [3.8, 4) is 0 Å². The first-order valence-corrected chi connectivity index (χ1v) is 9.89. The van der Waals surface area contributed by atoms with Gasteiger partial charge in [-0.1, -0.05) is 45.4 Å². The highest BCUT2D eigenvalue weighted by Gasteiger charge is 2.35. The van der Waals surface area contributed by atoms with Crippen LogP contribution in [0.25, 0.3) is 0 Å². The van der Waals surface area contributed by atoms with Crippen molar-refractivity contribution in [2.75, 3.05) is 0 Å². The standard InChI is InChI=1S/C20H36O3/c1-2-18(21)14-9-15-23-20(17-12-7-4-8-13-17)19(22)16-10-5-3-6-11-16/h9,15-22H,2-8,10-14H2,1H3/b15-9+. The van der Waals surface area contributed by atoms with E-state index in [1.165, 1.54) is 51.4 Å². The third kappa shape index (κ3) is 6.11. The van der Waals surface area contributed by atoms with Crippen LogP contribution in [-0.2, 0) is 4.74 Å². The van der Waals surface area contributed by atoms with Gasteiger partial charge < -0.3 is 14.9 Å². The molecule has 0 amide bonds. The van der Waals surface area contributed by atoms with Crippen molar-refractivity contribution < 1.29 is 14.9 Å². The molecule has 3 heteroatoms. The van der Waals surface area contributed by atoms with E-state index in [1.54, 1.807) is 6.26 Å². The van der Waals surface area contributed by atoms with E-state index >= 15 is 0 Å². The molecule has 0 aromatic rings. The molecular formula is C20H36O3. The maximum atomic E-state index is 10.9. The van der Waals surface area contributed by atoms with Crippen LogP contribution >= 0.6 is 0 Å². The van der Waals surface area contributed by atoms with Crippen LogP contribution in [0.1, 0.15) is 84.0 Å². The quantitative estimate of drug-likeness (QED) is 0.643. The minimum Gasteiger partial charge on any atom is -0.495 e. The molecule has 0 aromatic carbocycles. The summed E-state index contributed by atoms with van der Waals surface area (Å²) in [5.74, 6) is 0.895. The predicted octanol–water partition coefficient (Wildman–Crippen LogP) is 4.57. The number of aliphatic hydroxyl groups excluding tert-OH is 2. The van der Waals surface area contributed by atoms with Crippen molar-refractivity contribution in [2.24, 2.45) is 11.8 Å². The van der Waals surface area contributed by atoms with Gasteiger partial charge in [-0.15, -0.1) is 0 Å². The minimum absolute atomic E-state index is 0.0616. The van der Waals surface area contributed by atoms with Gasteiger partial charge in [0.15, 0.2) is 0 Å². The van der Waals surface area contributed by atoms with Gasteiger partial charge in [0.05, 0.1) is 18.5 Å². The monoisotopic (exact) mass is 324 g/mol. The molecule has 2 N–H and O–H groups in total. The molecule has 2 saturated carbocycles. The lowest BCUT2D eigenvalue weighted by Gasteiger charge is -2.37. The zero-order valence-corrected chi connectivity index (χ0v) is 14.8. The van der Waals surface area contributed by atoms with E-state index < -0.39 is 0 Å². The minimum atomic E-state index is -0.334. The van der Waals surface area contributed by atoms with Gasteiger partial charge in [0.2, 0.25) is 0 Å². The Hall–Kier alpha value is -0.540. The number of hydrogen-bond acceptors (Lipinski definition) is 3. The molecule has 2 fully saturated rings. The highest BCUT2D eigenvalue weighted by molar-refractivity contribution is 4.88. The van der Waals surface area contributed by atoms with Crippen LogP contribution in [0.3, 0.4) is 0 Å². The van der Waals surface area contributed by atoms with Crippen LogP contribution in [0.2, 0.25) is 0 Å². The third-order valence-corrected chi connectivity index (χ3v) is 5.80. The lowest BCUT2D eigenvalue weighted by molar-refractivity contribution is -0.0691. The fraction of sp³-hybridized carbons (Fsp3) is 0.900. The topological polar surface area (TPSA) is 49.7 Å². The van der Waals surface area contributed by atoms with Crippen molar-refractivity contribution in [3.05, 3.63) is 12.3 Å². The molecule has 3 unspecified atom stereocenters. The zero-order valence-electron chi connectivity index (χ0n) is 14.8. The SMILES string of the molecule is CCC(O)C/C=C/OC(C1CCCCC1)C(O)C1CCCCC1. The van der Waals surface area contributed by atoms with Crippen molar-refractivity contribution in [3.63, 3.8) is 0 Å². The summed E-state index contributed by atoms with van der Waals surface area (Å²) in [6.45, 7) is 1.98. The second-order valence-corrected chi connectivity index (χ2v) is 7.56. The molecule has 0 bridgehead atoms. The average molecular weight is 325 g/mol. The predicted molar refractivity (Wildman–Crippen MR) is 94.1 cm³/mol. The van der Waals surface area contributed by atoms with Crippen LogP contribution in [0.4, 0.5) is 0 Å². The number of ether oxygens (including phenoxy) is 1. The van der Waals surface area contributed by atoms with Gasteiger partial charge in [-0.05, 0) is 56.4 Å². The van der Waals surface area contributed by atoms with Gasteiger partial charge in [-0.2, -0.15) is 0 Å². The molecule has 23 heavy (non-hydrogen) atoms. The molecule has 3 atom stereocenters. The molecule has 0 aromatic heterocycles. The first-order chi connectivity index (χ1) is 11.2. The summed E-state index contributed by atoms with van der Waals surface area (Å²) in [6.07, 6.45) is 16.7. The molecule has 2 rings (SSSR count). The molecule has 2 aliphatic rings. The summed E-state index contributed by atoms with van der Waals surface area (Å²) in [7, 11) is 0. The number of rotatable bonds is 8. The van der Waals surface area contributed by atoms with E-state index in [0.717, 1.165) is 19.3 Å². The molecule has 134 valence electrons. The fourth-order valence-electron chi connectivity index (χ4n) is 4.20. The van der Waals surface area contributed by atoms with Crippen molar-refractivity contribution in [1.82, 2.24) is 0 Å². The van der Waals surface area contributed by atoms with E-state index in [1.807, 2.05) is 13.0 Å². The summed E-state index contributed by atoms with van der Waals surface area (Å²) in [6, 6.07) is 0. The van der Waals surface area contributed by atoms with E-state index in [2.05, 4.69) is 0 Å². The lowest BCUT2D eigenvalue weighted by atomic mass is 9.76. The Labute approximate surface area is 142 Å². The van der Waals surface area contributed by atoms with Crippen LogP contribution in [0.15, 0.2) is 12.3 Å². The average Bonchev–Trinajstić information content (AvgIpc) is 2.62. The molecule has 0 radical (unpaired) electrons. The molecule has 3 nitrogen and oxygen atoms in total. The summed E-state index contributed by atoms with van der Waals surface area (Å²) in [5.41, 5.74) is 0. The van der Waals surface area contributed by atoms with Crippen LogP contribution < -0.4 is 0 Å². The summed E-state index contributed by atoms with van der Waals surface area (Å²) in [5, 5.41) is 20.6. The van der Waals surface area contributed by atoms with Gasteiger partial charge in [0.1, 0.15) is 6.10 Å². The van der Waals surface area contributed by atoms with Gasteiger partial charge in [-0.25, -0.2) is 0 Å². The highest BCUT2D eigenvalue weighted by Crippen LogP contribution is 2.35. The third-order valence-electron chi connectivity index (χ3n) is 5.80. The molecule has 0 aliphatic heterocycles. The maximum absolute atomic E-state index is 10.9. The molecule has 0 saturated heterocycles. The smallest absolute Gasteiger partial charge is 0.127 e. The van der Waals surface area contributed by atoms with E-state index in [0.29, 0.717) is 18.3 Å². The van der Waals surface area contributed by atoms with Gasteiger partial charge in [0, 0.05) is 0 Å². The van der Waals surface area contributed by atoms with Gasteiger partial charge in [-0.3, -0.25) is 0 Å². The number of hydrogen-bond donors (Lipinski definition) is 2. The highest BCUT2D eigenvalue weighted by atomic mass is 16.5. The van der Waals surface area contributed by atoms with Crippen molar-refractivity contribution in [2.45, 2.75) is 102 Å². The maximum Gasteiger partial charge on any atom is 0.127 e. The van der Waals surface area contributed by atoms with E-state index in [-0.39, 0.29) is 18.3 Å². The van der Waals surface area contributed by atoms with E-state index in [4.69, 9.17) is 4.74 Å². The summed E-state index contributed by atoms with van der Waals surface area (Å²) < 4.78 is 6.05. The zero-order chi connectivity index (χ0) is 16.5. The first kappa shape index (κ1) is 18.8. The van der Waals surface area contributed by atoms with Gasteiger partial charge in [0.25, 0.3) is 0 Å². The molecular weight excluding hydrogens is 288 g/mol. The Morgan fingerprint density at radius 1 is 0.913 bits per heavy atom. The Kier molecular flexibility index (Phi) is 8.46. The van der Waals surface area contributed by atoms with Crippen LogP contribution in [0.5, 0.6) is 0 Å². The Morgan fingerprint density at radius 3 is 2.04 bits per heavy atom. The summed E-state index contributed by atoms with van der Waals surface area (Å²) >= 11 is 0.